The molecule has 3 aromatic rings. The van der Waals surface area contributed by atoms with Crippen molar-refractivity contribution in [3.8, 4) is 5.75 Å². The Balaban J connectivity index is 1.54. The molecule has 1 aliphatic heterocycles. The molecule has 0 saturated carbocycles. The molecule has 1 aromatic heterocycles. The highest BCUT2D eigenvalue weighted by molar-refractivity contribution is 7.18. The summed E-state index contributed by atoms with van der Waals surface area (Å²) in [4.78, 5) is 19.4. The summed E-state index contributed by atoms with van der Waals surface area (Å²) in [7, 11) is 1.43. The van der Waals surface area contributed by atoms with E-state index in [1.54, 1.807) is 23.5 Å². The Kier molecular flexibility index (Phi) is 4.59. The number of aromatic nitrogens is 1. The maximum atomic E-state index is 13.9. The lowest BCUT2D eigenvalue weighted by Gasteiger charge is -2.23. The van der Waals surface area contributed by atoms with Gasteiger partial charge < -0.3 is 9.64 Å². The van der Waals surface area contributed by atoms with Crippen LogP contribution in [-0.2, 0) is 11.2 Å². The maximum absolute atomic E-state index is 13.9. The van der Waals surface area contributed by atoms with Crippen LogP contribution in [0.5, 0.6) is 5.75 Å². The van der Waals surface area contributed by atoms with Crippen LogP contribution in [0.2, 0.25) is 0 Å². The average Bonchev–Trinajstić information content (AvgIpc) is 3.28. The molecule has 0 aliphatic carbocycles. The number of benzene rings is 2. The van der Waals surface area contributed by atoms with Crippen molar-refractivity contribution in [3.05, 3.63) is 58.9 Å². The predicted molar refractivity (Wildman–Crippen MR) is 100.0 cm³/mol. The minimum Gasteiger partial charge on any atom is -0.494 e. The van der Waals surface area contributed by atoms with Crippen molar-refractivity contribution >= 4 is 27.5 Å². The van der Waals surface area contributed by atoms with Crippen LogP contribution < -0.4 is 4.74 Å². The van der Waals surface area contributed by atoms with Gasteiger partial charge in [0, 0.05) is 6.54 Å². The molecule has 1 aliphatic rings. The summed E-state index contributed by atoms with van der Waals surface area (Å²) in [6.45, 7) is 0.720. The maximum Gasteiger partial charge on any atom is 0.227 e. The van der Waals surface area contributed by atoms with Gasteiger partial charge in [0.2, 0.25) is 5.91 Å². The fourth-order valence-electron chi connectivity index (χ4n) is 3.45. The number of ether oxygens (including phenoxy) is 1. The van der Waals surface area contributed by atoms with Gasteiger partial charge in [-0.15, -0.1) is 11.3 Å². The Labute approximate surface area is 155 Å². The van der Waals surface area contributed by atoms with E-state index >= 15 is 0 Å². The van der Waals surface area contributed by atoms with Crippen LogP contribution in [0.15, 0.2) is 42.5 Å². The Morgan fingerprint density at radius 1 is 1.35 bits per heavy atom. The summed E-state index contributed by atoms with van der Waals surface area (Å²) in [5.74, 6) is -0.243. The number of methoxy groups -OCH3 is 1. The van der Waals surface area contributed by atoms with Gasteiger partial charge in [0.15, 0.2) is 11.6 Å². The van der Waals surface area contributed by atoms with Crippen molar-refractivity contribution in [1.29, 1.82) is 0 Å². The van der Waals surface area contributed by atoms with Crippen molar-refractivity contribution in [2.45, 2.75) is 25.3 Å². The van der Waals surface area contributed by atoms with E-state index in [2.05, 4.69) is 6.07 Å². The Morgan fingerprint density at radius 3 is 2.96 bits per heavy atom. The van der Waals surface area contributed by atoms with Gasteiger partial charge in [-0.05, 0) is 42.7 Å². The molecule has 26 heavy (non-hydrogen) atoms. The summed E-state index contributed by atoms with van der Waals surface area (Å²) >= 11 is 1.65. The molecule has 1 fully saturated rings. The number of halogens is 1. The number of likely N-dealkylation sites (tertiary alicyclic amines) is 1. The Morgan fingerprint density at radius 2 is 2.19 bits per heavy atom. The molecule has 4 rings (SSSR count). The van der Waals surface area contributed by atoms with Gasteiger partial charge in [-0.25, -0.2) is 9.37 Å². The van der Waals surface area contributed by atoms with Gasteiger partial charge in [-0.1, -0.05) is 18.2 Å². The van der Waals surface area contributed by atoms with E-state index in [4.69, 9.17) is 9.72 Å². The monoisotopic (exact) mass is 370 g/mol. The number of carbonyl (C=O) groups is 1. The second kappa shape index (κ2) is 7.03. The molecule has 2 aromatic carbocycles. The summed E-state index contributed by atoms with van der Waals surface area (Å²) < 4.78 is 19.9. The SMILES string of the molecule is COc1ccc(CC(=O)N2CCCC2c2nc3ccccc3s2)cc1F. The fraction of sp³-hybridized carbons (Fsp3) is 0.300. The first kappa shape index (κ1) is 17.0. The second-order valence-electron chi connectivity index (χ2n) is 6.41. The molecule has 4 nitrogen and oxygen atoms in total. The minimum absolute atomic E-state index is 0.0105. The van der Waals surface area contributed by atoms with Crippen LogP contribution in [0.25, 0.3) is 10.2 Å². The van der Waals surface area contributed by atoms with Crippen LogP contribution in [0.3, 0.4) is 0 Å². The molecular formula is C20H19FN2O2S. The van der Waals surface area contributed by atoms with E-state index in [1.807, 2.05) is 23.1 Å². The summed E-state index contributed by atoms with van der Waals surface area (Å²) in [6, 6.07) is 12.7. The van der Waals surface area contributed by atoms with E-state index < -0.39 is 5.82 Å². The third-order valence-corrected chi connectivity index (χ3v) is 5.88. The van der Waals surface area contributed by atoms with Gasteiger partial charge in [-0.2, -0.15) is 0 Å². The Hall–Kier alpha value is -2.47. The van der Waals surface area contributed by atoms with E-state index in [9.17, 15) is 9.18 Å². The largest absolute Gasteiger partial charge is 0.494 e. The number of carbonyl (C=O) groups excluding carboxylic acids is 1. The molecule has 0 spiro atoms. The van der Waals surface area contributed by atoms with Crippen molar-refractivity contribution in [2.24, 2.45) is 0 Å². The van der Waals surface area contributed by atoms with Gasteiger partial charge in [0.25, 0.3) is 0 Å². The lowest BCUT2D eigenvalue weighted by atomic mass is 10.1. The standard InChI is InChI=1S/C20H19FN2O2S/c1-25-17-9-8-13(11-14(17)21)12-19(24)23-10-4-6-16(23)20-22-15-5-2-3-7-18(15)26-20/h2-3,5,7-9,11,16H,4,6,10,12H2,1H3. The lowest BCUT2D eigenvalue weighted by Crippen LogP contribution is -2.31. The molecule has 1 saturated heterocycles. The zero-order chi connectivity index (χ0) is 18.1. The van der Waals surface area contributed by atoms with Crippen molar-refractivity contribution in [3.63, 3.8) is 0 Å². The van der Waals surface area contributed by atoms with Crippen LogP contribution >= 0.6 is 11.3 Å². The number of fused-ring (bicyclic) bond motifs is 1. The van der Waals surface area contributed by atoms with E-state index in [0.717, 1.165) is 34.6 Å². The summed E-state index contributed by atoms with van der Waals surface area (Å²) in [6.07, 6.45) is 2.06. The molecule has 1 amide bonds. The number of thiazole rings is 1. The highest BCUT2D eigenvalue weighted by Crippen LogP contribution is 2.36. The quantitative estimate of drug-likeness (QED) is 0.686. The molecule has 134 valence electrons. The van der Waals surface area contributed by atoms with E-state index in [-0.39, 0.29) is 24.1 Å². The number of nitrogens with zero attached hydrogens (tertiary/aromatic N) is 2. The molecular weight excluding hydrogens is 351 g/mol. The highest BCUT2D eigenvalue weighted by Gasteiger charge is 2.32. The number of rotatable bonds is 4. The number of para-hydroxylation sites is 1. The molecule has 0 radical (unpaired) electrons. The smallest absolute Gasteiger partial charge is 0.227 e. The lowest BCUT2D eigenvalue weighted by molar-refractivity contribution is -0.131. The fourth-order valence-corrected chi connectivity index (χ4v) is 4.57. The van der Waals surface area contributed by atoms with Crippen molar-refractivity contribution < 1.29 is 13.9 Å². The number of amides is 1. The number of hydrogen-bond acceptors (Lipinski definition) is 4. The van der Waals surface area contributed by atoms with Crippen LogP contribution in [-0.4, -0.2) is 29.4 Å². The van der Waals surface area contributed by atoms with Gasteiger partial charge in [-0.3, -0.25) is 4.79 Å². The first-order chi connectivity index (χ1) is 12.7. The zero-order valence-corrected chi connectivity index (χ0v) is 15.3. The summed E-state index contributed by atoms with van der Waals surface area (Å²) in [5, 5.41) is 0.984. The molecule has 1 atom stereocenters. The number of hydrogen-bond donors (Lipinski definition) is 0. The van der Waals surface area contributed by atoms with Crippen LogP contribution in [0.4, 0.5) is 4.39 Å². The van der Waals surface area contributed by atoms with Gasteiger partial charge >= 0.3 is 0 Å². The minimum atomic E-state index is -0.443. The molecule has 1 unspecified atom stereocenters. The van der Waals surface area contributed by atoms with E-state index in [0.29, 0.717) is 5.56 Å². The molecule has 6 heteroatoms. The van der Waals surface area contributed by atoms with Crippen LogP contribution in [0, 0.1) is 5.82 Å². The van der Waals surface area contributed by atoms with E-state index in [1.165, 1.54) is 13.2 Å². The average molecular weight is 370 g/mol. The molecule has 2 heterocycles. The summed E-state index contributed by atoms with van der Waals surface area (Å²) in [5.41, 5.74) is 1.63. The topological polar surface area (TPSA) is 42.4 Å². The Bertz CT molecular complexity index is 923. The van der Waals surface area contributed by atoms with Crippen molar-refractivity contribution in [2.75, 3.05) is 13.7 Å². The first-order valence-electron chi connectivity index (χ1n) is 8.63. The third kappa shape index (κ3) is 3.17. The molecule has 0 bridgehead atoms. The predicted octanol–water partition coefficient (Wildman–Crippen LogP) is 4.35. The third-order valence-electron chi connectivity index (χ3n) is 4.74. The zero-order valence-electron chi connectivity index (χ0n) is 14.4. The van der Waals surface area contributed by atoms with Crippen molar-refractivity contribution in [1.82, 2.24) is 9.88 Å². The highest BCUT2D eigenvalue weighted by atomic mass is 32.1. The van der Waals surface area contributed by atoms with Gasteiger partial charge in [0.05, 0.1) is 29.8 Å². The van der Waals surface area contributed by atoms with Gasteiger partial charge in [0.1, 0.15) is 5.01 Å². The molecule has 0 N–H and O–H groups in total. The van der Waals surface area contributed by atoms with Crippen LogP contribution in [0.1, 0.15) is 29.5 Å². The first-order valence-corrected chi connectivity index (χ1v) is 9.44. The second-order valence-corrected chi connectivity index (χ2v) is 7.47. The normalized spacial score (nSPS) is 17.0.